The van der Waals surface area contributed by atoms with Gasteiger partial charge in [-0.25, -0.2) is 0 Å². The Morgan fingerprint density at radius 1 is 1.13 bits per heavy atom. The summed E-state index contributed by atoms with van der Waals surface area (Å²) >= 11 is 0. The molecule has 0 bridgehead atoms. The lowest BCUT2D eigenvalue weighted by atomic mass is 10.1. The highest BCUT2D eigenvalue weighted by Gasteiger charge is 2.18. The molecule has 0 saturated carbocycles. The van der Waals surface area contributed by atoms with Crippen molar-refractivity contribution in [2.24, 2.45) is 0 Å². The average Bonchev–Trinajstić information content (AvgIpc) is 2.59. The first kappa shape index (κ1) is 17.3. The normalized spacial score (nSPS) is 12.1. The van der Waals surface area contributed by atoms with Gasteiger partial charge in [-0.15, -0.1) is 0 Å². The van der Waals surface area contributed by atoms with Gasteiger partial charge in [-0.2, -0.15) is 0 Å². The van der Waals surface area contributed by atoms with E-state index in [9.17, 15) is 4.79 Å². The number of fused-ring (bicyclic) bond motifs is 1. The van der Waals surface area contributed by atoms with Crippen LogP contribution >= 0.6 is 0 Å². The highest BCUT2D eigenvalue weighted by Crippen LogP contribution is 2.26. The van der Waals surface area contributed by atoms with E-state index >= 15 is 0 Å². The number of rotatable bonds is 9. The fourth-order valence-electron chi connectivity index (χ4n) is 2.42. The molecule has 0 aliphatic carbocycles. The average molecular weight is 315 g/mol. The lowest BCUT2D eigenvalue weighted by molar-refractivity contribution is -0.128. The smallest absolute Gasteiger partial charge is 0.261 e. The van der Waals surface area contributed by atoms with E-state index in [4.69, 9.17) is 9.47 Å². The highest BCUT2D eigenvalue weighted by atomic mass is 16.5. The molecule has 0 aliphatic heterocycles. The summed E-state index contributed by atoms with van der Waals surface area (Å²) in [6, 6.07) is 13.9. The molecule has 0 radical (unpaired) electrons. The summed E-state index contributed by atoms with van der Waals surface area (Å²) in [5.41, 5.74) is 0. The number of ether oxygens (including phenoxy) is 2. The van der Waals surface area contributed by atoms with Crippen LogP contribution in [0.25, 0.3) is 10.8 Å². The topological polar surface area (TPSA) is 47.6 Å². The monoisotopic (exact) mass is 315 g/mol. The molecule has 0 unspecified atom stereocenters. The van der Waals surface area contributed by atoms with Crippen molar-refractivity contribution in [3.05, 3.63) is 42.5 Å². The summed E-state index contributed by atoms with van der Waals surface area (Å²) in [5, 5.41) is 5.05. The van der Waals surface area contributed by atoms with Gasteiger partial charge in [-0.1, -0.05) is 43.3 Å². The molecule has 0 saturated heterocycles. The molecule has 23 heavy (non-hydrogen) atoms. The zero-order valence-electron chi connectivity index (χ0n) is 13.9. The third-order valence-corrected chi connectivity index (χ3v) is 3.65. The lowest BCUT2D eigenvalue weighted by Crippen LogP contribution is -2.38. The zero-order chi connectivity index (χ0) is 16.5. The molecule has 0 aromatic heterocycles. The second-order valence-electron chi connectivity index (χ2n) is 5.33. The third-order valence-electron chi connectivity index (χ3n) is 3.65. The predicted molar refractivity (Wildman–Crippen MR) is 92.8 cm³/mol. The van der Waals surface area contributed by atoms with Crippen LogP contribution in [-0.4, -0.2) is 31.8 Å². The Morgan fingerprint density at radius 3 is 2.70 bits per heavy atom. The Bertz CT molecular complexity index is 622. The molecule has 0 aliphatic rings. The Morgan fingerprint density at radius 2 is 1.91 bits per heavy atom. The van der Waals surface area contributed by atoms with Crippen molar-refractivity contribution < 1.29 is 14.3 Å². The maximum Gasteiger partial charge on any atom is 0.261 e. The second kappa shape index (κ2) is 9.16. The van der Waals surface area contributed by atoms with Gasteiger partial charge in [-0.3, -0.25) is 4.79 Å². The van der Waals surface area contributed by atoms with Crippen molar-refractivity contribution in [1.29, 1.82) is 0 Å². The number of amides is 1. The first-order valence-electron chi connectivity index (χ1n) is 8.26. The highest BCUT2D eigenvalue weighted by molar-refractivity contribution is 5.89. The van der Waals surface area contributed by atoms with Crippen molar-refractivity contribution >= 4 is 16.7 Å². The summed E-state index contributed by atoms with van der Waals surface area (Å²) in [7, 11) is 0. The summed E-state index contributed by atoms with van der Waals surface area (Å²) < 4.78 is 11.2. The first-order valence-corrected chi connectivity index (χ1v) is 8.26. The number of nitrogens with one attached hydrogen (secondary N) is 1. The summed E-state index contributed by atoms with van der Waals surface area (Å²) in [6.07, 6.45) is 0.957. The Labute approximate surface area is 137 Å². The van der Waals surface area contributed by atoms with Gasteiger partial charge in [0.25, 0.3) is 5.91 Å². The van der Waals surface area contributed by atoms with Gasteiger partial charge in [0.2, 0.25) is 0 Å². The molecular weight excluding hydrogens is 290 g/mol. The standard InChI is InChI=1S/C19H25NO3/c1-3-17(19(21)20-13-8-14-22-4-2)23-18-12-7-10-15-9-5-6-11-16(15)18/h5-7,9-12,17H,3-4,8,13-14H2,1-2H3,(H,20,21)/t17-/m0/s1. The molecule has 0 spiro atoms. The van der Waals surface area contributed by atoms with Gasteiger partial charge in [0.1, 0.15) is 5.75 Å². The van der Waals surface area contributed by atoms with Crippen LogP contribution in [0, 0.1) is 0 Å². The summed E-state index contributed by atoms with van der Waals surface area (Å²) in [5.74, 6) is 0.677. The largest absolute Gasteiger partial charge is 0.480 e. The van der Waals surface area contributed by atoms with E-state index in [-0.39, 0.29) is 5.91 Å². The second-order valence-corrected chi connectivity index (χ2v) is 5.33. The van der Waals surface area contributed by atoms with Crippen LogP contribution in [-0.2, 0) is 9.53 Å². The Kier molecular flexibility index (Phi) is 6.88. The fourth-order valence-corrected chi connectivity index (χ4v) is 2.42. The maximum absolute atomic E-state index is 12.3. The van der Waals surface area contributed by atoms with Gasteiger partial charge in [0.05, 0.1) is 0 Å². The van der Waals surface area contributed by atoms with Crippen molar-refractivity contribution in [2.75, 3.05) is 19.8 Å². The van der Waals surface area contributed by atoms with Gasteiger partial charge < -0.3 is 14.8 Å². The minimum Gasteiger partial charge on any atom is -0.480 e. The Hall–Kier alpha value is -2.07. The number of benzene rings is 2. The Balaban J connectivity index is 1.96. The zero-order valence-corrected chi connectivity index (χ0v) is 13.9. The number of carbonyl (C=O) groups is 1. The van der Waals surface area contributed by atoms with Crippen LogP contribution in [0.15, 0.2) is 42.5 Å². The molecule has 4 nitrogen and oxygen atoms in total. The van der Waals surface area contributed by atoms with Crippen LogP contribution in [0.2, 0.25) is 0 Å². The number of carbonyl (C=O) groups excluding carboxylic acids is 1. The van der Waals surface area contributed by atoms with E-state index in [1.165, 1.54) is 0 Å². The molecule has 124 valence electrons. The van der Waals surface area contributed by atoms with Gasteiger partial charge in [0.15, 0.2) is 6.10 Å². The minimum absolute atomic E-state index is 0.0723. The minimum atomic E-state index is -0.479. The predicted octanol–water partition coefficient (Wildman–Crippen LogP) is 3.54. The van der Waals surface area contributed by atoms with Crippen LogP contribution in [0.3, 0.4) is 0 Å². The maximum atomic E-state index is 12.3. The van der Waals surface area contributed by atoms with E-state index in [1.54, 1.807) is 0 Å². The van der Waals surface area contributed by atoms with Gasteiger partial charge in [-0.05, 0) is 31.2 Å². The van der Waals surface area contributed by atoms with Crippen molar-refractivity contribution in [3.8, 4) is 5.75 Å². The van der Waals surface area contributed by atoms with Crippen molar-refractivity contribution in [1.82, 2.24) is 5.32 Å². The first-order chi connectivity index (χ1) is 11.3. The number of hydrogen-bond donors (Lipinski definition) is 1. The van der Waals surface area contributed by atoms with Crippen molar-refractivity contribution in [3.63, 3.8) is 0 Å². The molecule has 0 heterocycles. The molecule has 1 atom stereocenters. The summed E-state index contributed by atoms with van der Waals surface area (Å²) in [4.78, 5) is 12.3. The van der Waals surface area contributed by atoms with E-state index in [1.807, 2.05) is 56.3 Å². The van der Waals surface area contributed by atoms with E-state index in [2.05, 4.69) is 5.32 Å². The van der Waals surface area contributed by atoms with Gasteiger partial charge in [0, 0.05) is 25.1 Å². The lowest BCUT2D eigenvalue weighted by Gasteiger charge is -2.18. The molecule has 2 rings (SSSR count). The molecule has 2 aromatic carbocycles. The van der Waals surface area contributed by atoms with Crippen LogP contribution in [0.5, 0.6) is 5.75 Å². The molecule has 1 N–H and O–H groups in total. The molecule has 1 amide bonds. The van der Waals surface area contributed by atoms with E-state index in [0.29, 0.717) is 26.2 Å². The summed E-state index contributed by atoms with van der Waals surface area (Å²) in [6.45, 7) is 5.89. The van der Waals surface area contributed by atoms with E-state index < -0.39 is 6.10 Å². The number of hydrogen-bond acceptors (Lipinski definition) is 3. The molecular formula is C19H25NO3. The van der Waals surface area contributed by atoms with E-state index in [0.717, 1.165) is 22.9 Å². The van der Waals surface area contributed by atoms with Crippen molar-refractivity contribution in [2.45, 2.75) is 32.8 Å². The quantitative estimate of drug-likeness (QED) is 0.720. The van der Waals surface area contributed by atoms with Crippen LogP contribution < -0.4 is 10.1 Å². The van der Waals surface area contributed by atoms with Crippen LogP contribution in [0.1, 0.15) is 26.7 Å². The molecule has 4 heteroatoms. The van der Waals surface area contributed by atoms with Crippen LogP contribution in [0.4, 0.5) is 0 Å². The SMILES string of the molecule is CCOCCCNC(=O)[C@H](CC)Oc1cccc2ccccc12. The molecule has 2 aromatic rings. The third kappa shape index (κ3) is 4.96. The van der Waals surface area contributed by atoms with Gasteiger partial charge >= 0.3 is 0 Å². The fraction of sp³-hybridized carbons (Fsp3) is 0.421. The molecule has 0 fully saturated rings.